The smallest absolute Gasteiger partial charge is 0.401 e. The van der Waals surface area contributed by atoms with Crippen LogP contribution in [0.5, 0.6) is 5.75 Å². The minimum absolute atomic E-state index is 0.171. The third-order valence-electron chi connectivity index (χ3n) is 11.8. The maximum Gasteiger partial charge on any atom is 0.401 e. The molecule has 2 aromatic rings. The number of carbonyl (C=O) groups is 1. The third-order valence-corrected chi connectivity index (χ3v) is 13.3. The number of allylic oxidation sites excluding steroid dienone is 1. The fraction of sp³-hybridized carbons (Fsp3) is 0.625. The number of rotatable bonds is 12. The van der Waals surface area contributed by atoms with Crippen LogP contribution in [0, 0.1) is 11.8 Å². The second kappa shape index (κ2) is 16.6. The summed E-state index contributed by atoms with van der Waals surface area (Å²) in [7, 11) is 0.245. The first-order chi connectivity index (χ1) is 25.2. The molecule has 1 amide bonds. The van der Waals surface area contributed by atoms with Crippen molar-refractivity contribution in [3.8, 4) is 5.75 Å². The van der Waals surface area contributed by atoms with Crippen LogP contribution in [0.2, 0.25) is 5.02 Å². The Morgan fingerprint density at radius 3 is 2.49 bits per heavy atom. The number of hydrogen-bond donors (Lipinski definition) is 1. The number of benzene rings is 2. The van der Waals surface area contributed by atoms with Gasteiger partial charge in [-0.25, -0.2) is 4.21 Å². The van der Waals surface area contributed by atoms with Crippen molar-refractivity contribution in [1.29, 1.82) is 0 Å². The minimum Gasteiger partial charge on any atom is -0.490 e. The first-order valence-corrected chi connectivity index (χ1v) is 20.6. The summed E-state index contributed by atoms with van der Waals surface area (Å²) in [4.78, 5) is 19.5. The van der Waals surface area contributed by atoms with Gasteiger partial charge in [0.25, 0.3) is 5.91 Å². The van der Waals surface area contributed by atoms with E-state index in [1.165, 1.54) is 16.0 Å². The van der Waals surface area contributed by atoms with E-state index in [0.29, 0.717) is 63.7 Å². The Morgan fingerprint density at radius 2 is 1.85 bits per heavy atom. The Bertz CT molecular complexity index is 1670. The van der Waals surface area contributed by atoms with Crippen LogP contribution in [0.3, 0.4) is 0 Å². The second-order valence-electron chi connectivity index (χ2n) is 15.6. The van der Waals surface area contributed by atoms with E-state index < -0.39 is 35.2 Å². The number of nitrogens with zero attached hydrogens (tertiary/aromatic N) is 3. The van der Waals surface area contributed by atoms with Gasteiger partial charge in [-0.05, 0) is 106 Å². The molecule has 0 bridgehead atoms. The Labute approximate surface area is 320 Å². The van der Waals surface area contributed by atoms with Gasteiger partial charge in [-0.3, -0.25) is 19.3 Å². The summed E-state index contributed by atoms with van der Waals surface area (Å²) in [5.41, 5.74) is 2.85. The zero-order valence-electron chi connectivity index (χ0n) is 31.4. The highest BCUT2D eigenvalue weighted by molar-refractivity contribution is 7.84. The maximum absolute atomic E-state index is 13.4. The molecule has 8 nitrogen and oxygen atoms in total. The molecule has 0 radical (unpaired) electrons. The quantitative estimate of drug-likeness (QED) is 0.229. The van der Waals surface area contributed by atoms with Crippen LogP contribution >= 0.6 is 11.6 Å². The van der Waals surface area contributed by atoms with Gasteiger partial charge in [0.05, 0.1) is 18.8 Å². The number of hydrogen-bond acceptors (Lipinski definition) is 7. The van der Waals surface area contributed by atoms with Gasteiger partial charge in [-0.15, -0.1) is 0 Å². The van der Waals surface area contributed by atoms with E-state index in [9.17, 15) is 22.2 Å². The van der Waals surface area contributed by atoms with Gasteiger partial charge in [-0.1, -0.05) is 36.7 Å². The highest BCUT2D eigenvalue weighted by atomic mass is 35.5. The monoisotopic (exact) mass is 778 g/mol. The number of piperazine rings is 1. The van der Waals surface area contributed by atoms with Crippen molar-refractivity contribution in [2.45, 2.75) is 81.7 Å². The van der Waals surface area contributed by atoms with Crippen molar-refractivity contribution < 1.29 is 31.6 Å². The largest absolute Gasteiger partial charge is 0.490 e. The van der Waals surface area contributed by atoms with Gasteiger partial charge in [-0.2, -0.15) is 13.2 Å². The van der Waals surface area contributed by atoms with Crippen molar-refractivity contribution in [2.75, 3.05) is 71.0 Å². The standard InChI is InChI=1S/C40H54ClF3N4O4S/c1-5-6-16-39(51-4,25-46-17-19-47(20-18-46)26-40(42,43)44)34-12-9-31(34)23-48-24-38(15-7-8-29-21-32(41)11-13-33(29)38)27-52-36-14-10-30(22-35(36)48)37(49)45-53(50)28(2)3/h6,10-11,13-14,16,21-22,28,31,34H,5,7-9,12,15,17-20,23-27H2,1-4H3,(H,45,49)/b16-6+/t31?,34?,38-,39-,53?/m0/s1. The molecule has 5 atom stereocenters. The van der Waals surface area contributed by atoms with Crippen LogP contribution < -0.4 is 14.4 Å². The average molecular weight is 779 g/mol. The molecule has 0 aromatic heterocycles. The SMILES string of the molecule is CC/C=C/[C@@](CN1CCN(CC(F)(F)F)CC1)(OC)C1CCC1CN1C[C@@]2(CCCc3cc(Cl)ccc32)COc2ccc(C(=O)NS(=O)C(C)C)cc21. The lowest BCUT2D eigenvalue weighted by molar-refractivity contribution is -0.151. The fourth-order valence-electron chi connectivity index (χ4n) is 8.84. The van der Waals surface area contributed by atoms with Crippen LogP contribution in [0.4, 0.5) is 18.9 Å². The van der Waals surface area contributed by atoms with E-state index in [2.05, 4.69) is 45.7 Å². The van der Waals surface area contributed by atoms with Crippen LogP contribution in [-0.2, 0) is 27.6 Å². The molecule has 53 heavy (non-hydrogen) atoms. The summed E-state index contributed by atoms with van der Waals surface area (Å²) >= 11 is 6.48. The highest BCUT2D eigenvalue weighted by Gasteiger charge is 2.50. The van der Waals surface area contributed by atoms with Crippen molar-refractivity contribution in [1.82, 2.24) is 14.5 Å². The first-order valence-electron chi connectivity index (χ1n) is 19.0. The number of anilines is 1. The number of alkyl halides is 3. The number of fused-ring (bicyclic) bond motifs is 3. The highest BCUT2D eigenvalue weighted by Crippen LogP contribution is 2.49. The predicted octanol–water partition coefficient (Wildman–Crippen LogP) is 7.17. The van der Waals surface area contributed by atoms with E-state index >= 15 is 0 Å². The number of methoxy groups -OCH3 is 1. The summed E-state index contributed by atoms with van der Waals surface area (Å²) in [6.45, 7) is 9.14. The predicted molar refractivity (Wildman–Crippen MR) is 205 cm³/mol. The van der Waals surface area contributed by atoms with Crippen molar-refractivity contribution in [2.24, 2.45) is 11.8 Å². The van der Waals surface area contributed by atoms with E-state index in [1.54, 1.807) is 27.0 Å². The van der Waals surface area contributed by atoms with Gasteiger partial charge in [0.1, 0.15) is 22.3 Å². The van der Waals surface area contributed by atoms with Gasteiger partial charge in [0, 0.05) is 74.2 Å². The molecule has 3 unspecified atom stereocenters. The summed E-state index contributed by atoms with van der Waals surface area (Å²) < 4.78 is 67.8. The van der Waals surface area contributed by atoms with Crippen LogP contribution in [0.25, 0.3) is 0 Å². The molecule has 2 aliphatic carbocycles. The van der Waals surface area contributed by atoms with Gasteiger partial charge in [0.2, 0.25) is 0 Å². The van der Waals surface area contributed by atoms with Crippen LogP contribution in [0.1, 0.15) is 74.4 Å². The lowest BCUT2D eigenvalue weighted by atomic mass is 9.63. The summed E-state index contributed by atoms with van der Waals surface area (Å²) in [5.74, 6) is 0.729. The number of ether oxygens (including phenoxy) is 2. The number of nitrogens with one attached hydrogen (secondary N) is 1. The molecule has 2 aromatic carbocycles. The summed E-state index contributed by atoms with van der Waals surface area (Å²) in [5, 5.41) is 0.501. The molecule has 1 saturated carbocycles. The Hall–Kier alpha value is -2.64. The number of aryl methyl sites for hydroxylation is 1. The average Bonchev–Trinajstić information content (AvgIpc) is 3.25. The molecule has 13 heteroatoms. The minimum atomic E-state index is -4.21. The number of amides is 1. The first kappa shape index (κ1) is 40.0. The molecule has 1 N–H and O–H groups in total. The van der Waals surface area contributed by atoms with E-state index in [1.807, 2.05) is 18.2 Å². The van der Waals surface area contributed by atoms with E-state index in [4.69, 9.17) is 21.1 Å². The third kappa shape index (κ3) is 9.09. The zero-order chi connectivity index (χ0) is 38.0. The molecule has 1 spiro atoms. The fourth-order valence-corrected chi connectivity index (χ4v) is 9.57. The van der Waals surface area contributed by atoms with Crippen LogP contribution in [0.15, 0.2) is 48.6 Å². The Balaban J connectivity index is 1.30. The van der Waals surface area contributed by atoms with E-state index in [0.717, 1.165) is 49.2 Å². The van der Waals surface area contributed by atoms with Crippen LogP contribution in [-0.4, -0.2) is 103 Å². The summed E-state index contributed by atoms with van der Waals surface area (Å²) in [6.07, 6.45) is 5.86. The molecule has 2 fully saturated rings. The molecular formula is C40H54ClF3N4O4S. The molecule has 6 rings (SSSR count). The van der Waals surface area contributed by atoms with Crippen molar-refractivity contribution >= 4 is 34.2 Å². The van der Waals surface area contributed by atoms with Crippen molar-refractivity contribution in [3.05, 3.63) is 70.3 Å². The number of halogens is 4. The normalized spacial score (nSPS) is 25.6. The zero-order valence-corrected chi connectivity index (χ0v) is 32.9. The molecule has 2 aliphatic heterocycles. The molecule has 1 saturated heterocycles. The lowest BCUT2D eigenvalue weighted by Gasteiger charge is -2.52. The van der Waals surface area contributed by atoms with Crippen molar-refractivity contribution in [3.63, 3.8) is 0 Å². The van der Waals surface area contributed by atoms with Gasteiger partial charge in [0.15, 0.2) is 0 Å². The molecular weight excluding hydrogens is 725 g/mol. The Kier molecular flexibility index (Phi) is 12.5. The number of carbonyl (C=O) groups excluding carboxylic acids is 1. The topological polar surface area (TPSA) is 74.3 Å². The Morgan fingerprint density at radius 1 is 1.11 bits per heavy atom. The van der Waals surface area contributed by atoms with Gasteiger partial charge >= 0.3 is 6.18 Å². The lowest BCUT2D eigenvalue weighted by Crippen LogP contribution is -2.59. The molecule has 2 heterocycles. The molecule has 4 aliphatic rings. The second-order valence-corrected chi connectivity index (χ2v) is 17.8. The van der Waals surface area contributed by atoms with E-state index in [-0.39, 0.29) is 22.5 Å². The molecule has 292 valence electrons. The van der Waals surface area contributed by atoms with Gasteiger partial charge < -0.3 is 14.4 Å². The summed E-state index contributed by atoms with van der Waals surface area (Å²) in [6, 6.07) is 11.7. The maximum atomic E-state index is 13.4.